The summed E-state index contributed by atoms with van der Waals surface area (Å²) in [7, 11) is 0. The third-order valence-corrected chi connectivity index (χ3v) is 5.49. The summed E-state index contributed by atoms with van der Waals surface area (Å²) < 4.78 is 5.40. The van der Waals surface area contributed by atoms with Gasteiger partial charge < -0.3 is 19.9 Å². The number of nitrogens with zero attached hydrogens (tertiary/aromatic N) is 2. The van der Waals surface area contributed by atoms with Gasteiger partial charge in [-0.3, -0.25) is 4.79 Å². The molecule has 2 saturated heterocycles. The Bertz CT molecular complexity index is 635. The van der Waals surface area contributed by atoms with E-state index in [1.807, 2.05) is 34.9 Å². The number of amides is 3. The second-order valence-corrected chi connectivity index (χ2v) is 7.35. The van der Waals surface area contributed by atoms with Crippen LogP contribution in [-0.4, -0.2) is 60.6 Å². The van der Waals surface area contributed by atoms with Gasteiger partial charge in [0.05, 0.1) is 0 Å². The van der Waals surface area contributed by atoms with Gasteiger partial charge in [0.2, 0.25) is 0 Å². The first-order chi connectivity index (χ1) is 13.2. The summed E-state index contributed by atoms with van der Waals surface area (Å²) in [5.74, 6) is 0.0600. The third-order valence-electron chi connectivity index (χ3n) is 5.49. The summed E-state index contributed by atoms with van der Waals surface area (Å²) in [5.41, 5.74) is 1.31. The van der Waals surface area contributed by atoms with Gasteiger partial charge in [0.1, 0.15) is 0 Å². The van der Waals surface area contributed by atoms with Crippen LogP contribution < -0.4 is 5.32 Å². The van der Waals surface area contributed by atoms with E-state index in [0.717, 1.165) is 38.8 Å². The summed E-state index contributed by atoms with van der Waals surface area (Å²) in [4.78, 5) is 29.4. The van der Waals surface area contributed by atoms with Crippen molar-refractivity contribution < 1.29 is 14.3 Å². The average molecular weight is 373 g/mol. The zero-order valence-corrected chi connectivity index (χ0v) is 16.3. The fraction of sp³-hybridized carbons (Fsp3) is 0.619. The molecule has 27 heavy (non-hydrogen) atoms. The van der Waals surface area contributed by atoms with Crippen LogP contribution in [0.2, 0.25) is 0 Å². The molecule has 0 unspecified atom stereocenters. The maximum Gasteiger partial charge on any atom is 0.322 e. The molecule has 2 aliphatic rings. The van der Waals surface area contributed by atoms with Gasteiger partial charge in [-0.2, -0.15) is 0 Å². The first kappa shape index (κ1) is 19.7. The Morgan fingerprint density at radius 1 is 1.15 bits per heavy atom. The zero-order chi connectivity index (χ0) is 19.1. The van der Waals surface area contributed by atoms with Crippen LogP contribution in [0.5, 0.6) is 0 Å². The van der Waals surface area contributed by atoms with Crippen molar-refractivity contribution in [2.24, 2.45) is 0 Å². The Morgan fingerprint density at radius 3 is 2.52 bits per heavy atom. The van der Waals surface area contributed by atoms with E-state index in [4.69, 9.17) is 4.74 Å². The first-order valence-corrected chi connectivity index (χ1v) is 10.2. The molecule has 148 valence electrons. The predicted molar refractivity (Wildman–Crippen MR) is 106 cm³/mol. The van der Waals surface area contributed by atoms with Crippen molar-refractivity contribution >= 4 is 17.6 Å². The largest absolute Gasteiger partial charge is 0.381 e. The van der Waals surface area contributed by atoms with Gasteiger partial charge >= 0.3 is 6.03 Å². The monoisotopic (exact) mass is 373 g/mol. The first-order valence-electron chi connectivity index (χ1n) is 10.2. The highest BCUT2D eigenvalue weighted by molar-refractivity contribution is 5.97. The van der Waals surface area contributed by atoms with Crippen LogP contribution >= 0.6 is 0 Å². The Hall–Kier alpha value is -2.08. The van der Waals surface area contributed by atoms with Crippen LogP contribution in [-0.2, 0) is 4.74 Å². The van der Waals surface area contributed by atoms with E-state index in [9.17, 15) is 9.59 Å². The summed E-state index contributed by atoms with van der Waals surface area (Å²) in [6.45, 7) is 5.70. The minimum Gasteiger partial charge on any atom is -0.381 e. The number of ether oxygens (including phenoxy) is 1. The van der Waals surface area contributed by atoms with Crippen LogP contribution in [0.1, 0.15) is 55.8 Å². The molecule has 2 fully saturated rings. The molecule has 2 heterocycles. The Labute approximate surface area is 161 Å². The van der Waals surface area contributed by atoms with E-state index in [1.165, 1.54) is 12.8 Å². The predicted octanol–water partition coefficient (Wildman–Crippen LogP) is 3.74. The lowest BCUT2D eigenvalue weighted by atomic mass is 10.1. The zero-order valence-electron chi connectivity index (χ0n) is 16.3. The van der Waals surface area contributed by atoms with Gasteiger partial charge in [-0.25, -0.2) is 4.79 Å². The number of urea groups is 1. The number of benzene rings is 1. The highest BCUT2D eigenvalue weighted by atomic mass is 16.5. The van der Waals surface area contributed by atoms with Crippen LogP contribution in [0.25, 0.3) is 0 Å². The standard InChI is InChI=1S/C21H31N3O3/c1-2-24(19-10-14-27-15-11-19)21(26)22-18-9-7-8-17(16-18)20(25)23-12-5-3-4-6-13-23/h7-9,16,19H,2-6,10-15H2,1H3,(H,22,26). The fourth-order valence-electron chi connectivity index (χ4n) is 3.95. The Morgan fingerprint density at radius 2 is 1.85 bits per heavy atom. The molecule has 0 saturated carbocycles. The second-order valence-electron chi connectivity index (χ2n) is 7.35. The molecule has 0 atom stereocenters. The van der Waals surface area contributed by atoms with Gasteiger partial charge in [0.15, 0.2) is 0 Å². The molecule has 1 N–H and O–H groups in total. The molecule has 0 spiro atoms. The number of hydrogen-bond acceptors (Lipinski definition) is 3. The van der Waals surface area contributed by atoms with Crippen LogP contribution in [0.3, 0.4) is 0 Å². The normalized spacial score (nSPS) is 18.6. The summed E-state index contributed by atoms with van der Waals surface area (Å²) >= 11 is 0. The molecule has 0 aromatic heterocycles. The number of rotatable bonds is 4. The van der Waals surface area contributed by atoms with Crippen molar-refractivity contribution in [1.29, 1.82) is 0 Å². The lowest BCUT2D eigenvalue weighted by molar-refractivity contribution is 0.0494. The molecule has 2 aliphatic heterocycles. The lowest BCUT2D eigenvalue weighted by Crippen LogP contribution is -2.45. The van der Waals surface area contributed by atoms with Crippen molar-refractivity contribution in [2.45, 2.75) is 51.5 Å². The summed E-state index contributed by atoms with van der Waals surface area (Å²) in [5, 5.41) is 2.98. The SMILES string of the molecule is CCN(C(=O)Nc1cccc(C(=O)N2CCCCCC2)c1)C1CCOCC1. The minimum absolute atomic E-state index is 0.0600. The molecule has 6 heteroatoms. The number of likely N-dealkylation sites (tertiary alicyclic amines) is 1. The van der Waals surface area contributed by atoms with Crippen LogP contribution in [0.15, 0.2) is 24.3 Å². The Kier molecular flexibility index (Phi) is 7.10. The smallest absolute Gasteiger partial charge is 0.322 e. The number of anilines is 1. The van der Waals surface area contributed by atoms with Gasteiger partial charge in [0.25, 0.3) is 5.91 Å². The average Bonchev–Trinajstić information content (AvgIpc) is 2.98. The van der Waals surface area contributed by atoms with Crippen molar-refractivity contribution in [3.63, 3.8) is 0 Å². The highest BCUT2D eigenvalue weighted by Gasteiger charge is 2.25. The Balaban J connectivity index is 1.65. The van der Waals surface area contributed by atoms with Crippen LogP contribution in [0, 0.1) is 0 Å². The maximum absolute atomic E-state index is 12.8. The number of hydrogen-bond donors (Lipinski definition) is 1. The van der Waals surface area contributed by atoms with E-state index in [-0.39, 0.29) is 18.0 Å². The van der Waals surface area contributed by atoms with Crippen molar-refractivity contribution in [2.75, 3.05) is 38.2 Å². The van der Waals surface area contributed by atoms with Gasteiger partial charge in [-0.1, -0.05) is 18.9 Å². The maximum atomic E-state index is 12.8. The molecular formula is C21H31N3O3. The summed E-state index contributed by atoms with van der Waals surface area (Å²) in [6, 6.07) is 7.41. The van der Waals surface area contributed by atoms with Crippen molar-refractivity contribution in [3.8, 4) is 0 Å². The van der Waals surface area contributed by atoms with E-state index in [2.05, 4.69) is 5.32 Å². The molecule has 6 nitrogen and oxygen atoms in total. The van der Waals surface area contributed by atoms with E-state index in [0.29, 0.717) is 31.0 Å². The van der Waals surface area contributed by atoms with Gasteiger partial charge in [-0.15, -0.1) is 0 Å². The molecule has 1 aromatic rings. The molecule has 1 aromatic carbocycles. The molecule has 3 rings (SSSR count). The molecule has 3 amide bonds. The topological polar surface area (TPSA) is 61.9 Å². The molecule has 0 radical (unpaired) electrons. The number of nitrogens with one attached hydrogen (secondary N) is 1. The van der Waals surface area contributed by atoms with E-state index in [1.54, 1.807) is 6.07 Å². The quantitative estimate of drug-likeness (QED) is 0.875. The minimum atomic E-state index is -0.108. The van der Waals surface area contributed by atoms with Crippen LogP contribution in [0.4, 0.5) is 10.5 Å². The third kappa shape index (κ3) is 5.22. The highest BCUT2D eigenvalue weighted by Crippen LogP contribution is 2.19. The number of carbonyl (C=O) groups is 2. The fourth-order valence-corrected chi connectivity index (χ4v) is 3.95. The van der Waals surface area contributed by atoms with Gasteiger partial charge in [0, 0.05) is 50.1 Å². The second kappa shape index (κ2) is 9.74. The van der Waals surface area contributed by atoms with Crippen molar-refractivity contribution in [3.05, 3.63) is 29.8 Å². The number of carbonyl (C=O) groups excluding carboxylic acids is 2. The molecule has 0 aliphatic carbocycles. The van der Waals surface area contributed by atoms with Gasteiger partial charge in [-0.05, 0) is 50.8 Å². The lowest BCUT2D eigenvalue weighted by Gasteiger charge is -2.33. The van der Waals surface area contributed by atoms with E-state index >= 15 is 0 Å². The molecular weight excluding hydrogens is 342 g/mol. The van der Waals surface area contributed by atoms with E-state index < -0.39 is 0 Å². The summed E-state index contributed by atoms with van der Waals surface area (Å²) in [6.07, 6.45) is 6.26. The van der Waals surface area contributed by atoms with Crippen molar-refractivity contribution in [1.82, 2.24) is 9.80 Å². The molecule has 0 bridgehead atoms.